The number of nitrogens with two attached hydrogens (primary N) is 1. The summed E-state index contributed by atoms with van der Waals surface area (Å²) < 4.78 is 41.9. The maximum absolute atomic E-state index is 14.4. The molecule has 47 heavy (non-hydrogen) atoms. The molecule has 252 valence electrons. The van der Waals surface area contributed by atoms with E-state index >= 15 is 0 Å². The third-order valence-electron chi connectivity index (χ3n) is 7.23. The Hall–Kier alpha value is -3.46. The van der Waals surface area contributed by atoms with E-state index in [0.29, 0.717) is 5.39 Å². The van der Waals surface area contributed by atoms with Crippen LogP contribution in [0.3, 0.4) is 0 Å². The Balaban J connectivity index is 1.69. The van der Waals surface area contributed by atoms with Crippen molar-refractivity contribution in [2.24, 2.45) is 11.7 Å². The van der Waals surface area contributed by atoms with E-state index in [0.717, 1.165) is 22.2 Å². The number of nitrogens with zero attached hydrogens (tertiary/aromatic N) is 1. The molecule has 2 aromatic carbocycles. The van der Waals surface area contributed by atoms with Crippen LogP contribution in [-0.2, 0) is 32.9 Å². The number of fused-ring (bicyclic) bond motifs is 1. The monoisotopic (exact) mass is 690 g/mol. The zero-order valence-corrected chi connectivity index (χ0v) is 28.1. The van der Waals surface area contributed by atoms with Gasteiger partial charge in [-0.2, -0.15) is 5.09 Å². The van der Waals surface area contributed by atoms with E-state index in [2.05, 4.69) is 10.1 Å². The van der Waals surface area contributed by atoms with E-state index in [1.54, 1.807) is 52.0 Å². The second kappa shape index (κ2) is 14.8. The summed E-state index contributed by atoms with van der Waals surface area (Å²) in [5, 5.41) is 3.98. The van der Waals surface area contributed by atoms with Crippen molar-refractivity contribution < 1.29 is 37.4 Å². The first-order valence-corrected chi connectivity index (χ1v) is 16.8. The van der Waals surface area contributed by atoms with Crippen molar-refractivity contribution in [1.29, 1.82) is 0 Å². The summed E-state index contributed by atoms with van der Waals surface area (Å²) in [5.74, 6) is -1.76. The lowest BCUT2D eigenvalue weighted by Gasteiger charge is -2.31. The summed E-state index contributed by atoms with van der Waals surface area (Å²) in [4.78, 5) is 52.1. The molecule has 0 saturated carbocycles. The molecule has 0 bridgehead atoms. The summed E-state index contributed by atoms with van der Waals surface area (Å²) in [5.41, 5.74) is 4.41. The first-order valence-electron chi connectivity index (χ1n) is 14.8. The average molecular weight is 691 g/mol. The lowest BCUT2D eigenvalue weighted by atomic mass is 9.79. The largest absolute Gasteiger partial charge is 0.462 e. The number of benzene rings is 2. The van der Waals surface area contributed by atoms with Crippen LogP contribution in [-0.4, -0.2) is 71.1 Å². The molecule has 1 aliphatic heterocycles. The van der Waals surface area contributed by atoms with Crippen LogP contribution in [0.25, 0.3) is 10.8 Å². The lowest BCUT2D eigenvalue weighted by molar-refractivity contribution is -0.156. The molecule has 1 unspecified atom stereocenters. The Bertz CT molecular complexity index is 1760. The van der Waals surface area contributed by atoms with Crippen molar-refractivity contribution in [2.45, 2.75) is 76.0 Å². The summed E-state index contributed by atoms with van der Waals surface area (Å²) in [6.45, 7) is 7.50. The number of aromatic nitrogens is 2. The summed E-state index contributed by atoms with van der Waals surface area (Å²) in [6, 6.07) is 11.1. The fourth-order valence-corrected chi connectivity index (χ4v) is 6.58. The number of alkyl halides is 1. The molecule has 1 saturated heterocycles. The van der Waals surface area contributed by atoms with Gasteiger partial charge in [0.15, 0.2) is 6.23 Å². The van der Waals surface area contributed by atoms with Gasteiger partial charge in [-0.25, -0.2) is 9.36 Å². The molecule has 14 nitrogen and oxygen atoms in total. The molecule has 2 radical (unpaired) electrons. The molecule has 17 heteroatoms. The van der Waals surface area contributed by atoms with Crippen LogP contribution in [0.5, 0.6) is 5.75 Å². The van der Waals surface area contributed by atoms with E-state index in [1.807, 2.05) is 18.2 Å². The molecule has 1 aromatic heterocycles. The van der Waals surface area contributed by atoms with Crippen LogP contribution in [0.4, 0.5) is 0 Å². The number of carbonyl (C=O) groups excluding carboxylic acids is 2. The molecule has 3 aromatic rings. The predicted molar refractivity (Wildman–Crippen MR) is 174 cm³/mol. The van der Waals surface area contributed by atoms with Crippen LogP contribution in [0, 0.1) is 5.92 Å². The maximum atomic E-state index is 14.4. The van der Waals surface area contributed by atoms with E-state index in [9.17, 15) is 23.7 Å². The van der Waals surface area contributed by atoms with Gasteiger partial charge in [-0.15, -0.1) is 11.6 Å². The Morgan fingerprint density at radius 1 is 1.11 bits per heavy atom. The number of carbonyl (C=O) groups is 2. The molecule has 1 fully saturated rings. The third-order valence-corrected chi connectivity index (χ3v) is 9.26. The molecule has 2 heterocycles. The van der Waals surface area contributed by atoms with Crippen molar-refractivity contribution >= 4 is 49.9 Å². The van der Waals surface area contributed by atoms with Crippen molar-refractivity contribution in [2.75, 3.05) is 6.61 Å². The van der Waals surface area contributed by atoms with E-state index in [1.165, 1.54) is 6.92 Å². The first kappa shape index (κ1) is 36.4. The van der Waals surface area contributed by atoms with Gasteiger partial charge in [0.2, 0.25) is 0 Å². The summed E-state index contributed by atoms with van der Waals surface area (Å²) >= 11 is 6.74. The third kappa shape index (κ3) is 8.53. The quantitative estimate of drug-likeness (QED) is 0.103. The van der Waals surface area contributed by atoms with Gasteiger partial charge in [-0.3, -0.25) is 28.5 Å². The number of nitrogens with one attached hydrogen (secondary N) is 2. The normalized spacial score (nSPS) is 23.7. The van der Waals surface area contributed by atoms with Crippen molar-refractivity contribution in [1.82, 2.24) is 14.6 Å². The van der Waals surface area contributed by atoms with Gasteiger partial charge in [0.1, 0.15) is 37.9 Å². The lowest BCUT2D eigenvalue weighted by Crippen LogP contribution is -2.50. The molecule has 4 N–H and O–H groups in total. The highest BCUT2D eigenvalue weighted by Gasteiger charge is 2.56. The van der Waals surface area contributed by atoms with Crippen LogP contribution in [0.1, 0.15) is 40.8 Å². The predicted octanol–water partition coefficient (Wildman–Crippen LogP) is 2.72. The van der Waals surface area contributed by atoms with Crippen LogP contribution in [0.2, 0.25) is 0 Å². The minimum Gasteiger partial charge on any atom is -0.462 e. The first-order chi connectivity index (χ1) is 22.0. The van der Waals surface area contributed by atoms with Gasteiger partial charge >= 0.3 is 25.4 Å². The number of aromatic amines is 1. The number of H-pyrrole nitrogens is 1. The van der Waals surface area contributed by atoms with Gasteiger partial charge in [0.25, 0.3) is 5.56 Å². The van der Waals surface area contributed by atoms with Crippen LogP contribution in [0.15, 0.2) is 64.3 Å². The molecule has 1 aliphatic rings. The standard InChI is InChI=1S/C30H37BClN4O10P/c1-16(2)24(33)27(39)45-25-22(44-28(30(25,31)32)36-14-13-23(37)34-29(36)40)15-42-47(41,35-18(5)26(38)43-17(3)4)46-21-12-8-10-19-9-6-7-11-20(19)21/h6-14,16-18,22,24-25,28H,15,33H2,1-5H3,(H,35,41)(H,34,37,40)/t18-,22+,24-,25+,28+,30-,47?/m0/s1. The van der Waals surface area contributed by atoms with E-state index in [4.69, 9.17) is 48.4 Å². The van der Waals surface area contributed by atoms with Gasteiger partial charge in [-0.05, 0) is 38.1 Å². The Labute approximate surface area is 277 Å². The van der Waals surface area contributed by atoms with Gasteiger partial charge < -0.3 is 24.5 Å². The number of hydrogen-bond donors (Lipinski definition) is 3. The smallest absolute Gasteiger partial charge is 0.459 e. The number of hydrogen-bond acceptors (Lipinski definition) is 11. The van der Waals surface area contributed by atoms with Gasteiger partial charge in [0.05, 0.1) is 17.5 Å². The summed E-state index contributed by atoms with van der Waals surface area (Å²) in [6.07, 6.45) is -3.76. The number of ether oxygens (including phenoxy) is 3. The number of rotatable bonds is 13. The van der Waals surface area contributed by atoms with Crippen molar-refractivity contribution in [3.8, 4) is 5.75 Å². The highest BCUT2D eigenvalue weighted by Crippen LogP contribution is 2.49. The second-order valence-corrected chi connectivity index (χ2v) is 14.0. The fourth-order valence-electron chi connectivity index (χ4n) is 4.72. The molecular formula is C30H37BClN4O10P. The molecule has 0 spiro atoms. The topological polar surface area (TPSA) is 190 Å². The average Bonchev–Trinajstić information content (AvgIpc) is 3.24. The van der Waals surface area contributed by atoms with Gasteiger partial charge in [0, 0.05) is 17.6 Å². The fraction of sp³-hybridized carbons (Fsp3) is 0.467. The maximum Gasteiger partial charge on any atom is 0.459 e. The summed E-state index contributed by atoms with van der Waals surface area (Å²) in [7, 11) is 1.96. The SMILES string of the molecule is [B][C@]1(Cl)[C@H](OC(=O)[C@@H](N)C(C)C)[C@@H](COP(=O)(N[C@@H](C)C(=O)OC(C)C)Oc2cccc3ccccc23)O[C@H]1n1ccc(=O)[nH]c1=O. The molecule has 7 atom stereocenters. The Morgan fingerprint density at radius 3 is 2.45 bits per heavy atom. The van der Waals surface area contributed by atoms with E-state index < -0.39 is 78.9 Å². The Morgan fingerprint density at radius 2 is 1.79 bits per heavy atom. The zero-order chi connectivity index (χ0) is 34.7. The number of halogens is 1. The second-order valence-electron chi connectivity index (χ2n) is 11.7. The van der Waals surface area contributed by atoms with Crippen molar-refractivity contribution in [3.63, 3.8) is 0 Å². The molecular weight excluding hydrogens is 654 g/mol. The van der Waals surface area contributed by atoms with Gasteiger partial charge in [-0.1, -0.05) is 50.2 Å². The highest BCUT2D eigenvalue weighted by atomic mass is 35.5. The number of esters is 2. The minimum atomic E-state index is -4.49. The van der Waals surface area contributed by atoms with Crippen LogP contribution >= 0.6 is 19.3 Å². The molecule has 0 amide bonds. The minimum absolute atomic E-state index is 0.171. The zero-order valence-electron chi connectivity index (χ0n) is 26.5. The highest BCUT2D eigenvalue weighted by molar-refractivity contribution is 7.52. The van der Waals surface area contributed by atoms with Crippen molar-refractivity contribution in [3.05, 3.63) is 75.6 Å². The molecule has 0 aliphatic carbocycles. The van der Waals surface area contributed by atoms with Crippen LogP contribution < -0.4 is 26.6 Å². The molecule has 4 rings (SSSR count). The Kier molecular flexibility index (Phi) is 11.4. The van der Waals surface area contributed by atoms with E-state index in [-0.39, 0.29) is 11.7 Å².